The summed E-state index contributed by atoms with van der Waals surface area (Å²) >= 11 is 5.89. The summed E-state index contributed by atoms with van der Waals surface area (Å²) in [5.41, 5.74) is 7.27. The molecule has 0 aliphatic carbocycles. The van der Waals surface area contributed by atoms with Crippen LogP contribution in [0.25, 0.3) is 0 Å². The first-order valence-electron chi connectivity index (χ1n) is 4.66. The average molecular weight is 236 g/mol. The third-order valence-electron chi connectivity index (χ3n) is 2.05. The van der Waals surface area contributed by atoms with Crippen molar-refractivity contribution in [1.29, 1.82) is 0 Å². The molecule has 82 valence electrons. The summed E-state index contributed by atoms with van der Waals surface area (Å²) in [7, 11) is 0. The minimum Gasteiger partial charge on any atom is -0.437 e. The Morgan fingerprint density at radius 1 is 1.38 bits per heavy atom. The van der Waals surface area contributed by atoms with Crippen molar-refractivity contribution in [2.75, 3.05) is 5.73 Å². The van der Waals surface area contributed by atoms with Crippen molar-refractivity contribution >= 4 is 17.3 Å². The van der Waals surface area contributed by atoms with Gasteiger partial charge in [0.1, 0.15) is 17.1 Å². The molecule has 0 bridgehead atoms. The molecule has 0 aliphatic heterocycles. The molecule has 1 aromatic carbocycles. The van der Waals surface area contributed by atoms with Crippen LogP contribution in [-0.2, 0) is 0 Å². The van der Waals surface area contributed by atoms with Gasteiger partial charge in [0.15, 0.2) is 0 Å². The van der Waals surface area contributed by atoms with E-state index < -0.39 is 0 Å². The lowest BCUT2D eigenvalue weighted by atomic mass is 10.2. The average Bonchev–Trinajstić information content (AvgIpc) is 2.27. The number of aryl methyl sites for hydroxylation is 1. The van der Waals surface area contributed by atoms with Crippen LogP contribution in [0.5, 0.6) is 11.6 Å². The normalized spacial score (nSPS) is 10.1. The molecule has 0 radical (unpaired) electrons. The molecule has 1 aromatic heterocycles. The molecule has 0 saturated heterocycles. The van der Waals surface area contributed by atoms with E-state index in [0.29, 0.717) is 22.3 Å². The Balaban J connectivity index is 2.34. The summed E-state index contributed by atoms with van der Waals surface area (Å²) in [5, 5.41) is 0.365. The number of nitrogens with zero attached hydrogens (tertiary/aromatic N) is 2. The van der Waals surface area contributed by atoms with Crippen molar-refractivity contribution in [3.05, 3.63) is 41.3 Å². The number of nitrogens with two attached hydrogens (primary N) is 1. The van der Waals surface area contributed by atoms with Gasteiger partial charge >= 0.3 is 0 Å². The highest BCUT2D eigenvalue weighted by atomic mass is 35.5. The summed E-state index contributed by atoms with van der Waals surface area (Å²) in [6, 6.07) is 5.41. The second kappa shape index (κ2) is 4.37. The molecule has 2 rings (SSSR count). The Kier molecular flexibility index (Phi) is 2.92. The van der Waals surface area contributed by atoms with Crippen LogP contribution in [-0.4, -0.2) is 9.97 Å². The maximum Gasteiger partial charge on any atom is 0.241 e. The first kappa shape index (κ1) is 10.7. The van der Waals surface area contributed by atoms with Gasteiger partial charge in [-0.25, -0.2) is 9.97 Å². The molecule has 0 atom stereocenters. The Morgan fingerprint density at radius 2 is 2.19 bits per heavy atom. The monoisotopic (exact) mass is 235 g/mol. The number of hydrogen-bond donors (Lipinski definition) is 1. The van der Waals surface area contributed by atoms with E-state index in [1.807, 2.05) is 19.1 Å². The van der Waals surface area contributed by atoms with Crippen LogP contribution < -0.4 is 10.5 Å². The van der Waals surface area contributed by atoms with Crippen molar-refractivity contribution in [3.8, 4) is 11.6 Å². The van der Waals surface area contributed by atoms with E-state index in [9.17, 15) is 0 Å². The Hall–Kier alpha value is -1.81. The van der Waals surface area contributed by atoms with Crippen LogP contribution in [0.15, 0.2) is 30.7 Å². The molecule has 4 nitrogen and oxygen atoms in total. The standard InChI is InChI=1S/C11H10ClN3O/c1-7-2-3-8(13)4-10(7)16-11-9(12)5-14-6-15-11/h2-6H,13H2,1H3. The van der Waals surface area contributed by atoms with Gasteiger partial charge in [0.25, 0.3) is 0 Å². The number of rotatable bonds is 2. The minimum atomic E-state index is 0.324. The fourth-order valence-electron chi connectivity index (χ4n) is 1.21. The molecular formula is C11H10ClN3O. The van der Waals surface area contributed by atoms with Crippen LogP contribution >= 0.6 is 11.6 Å². The zero-order valence-corrected chi connectivity index (χ0v) is 9.40. The fourth-order valence-corrected chi connectivity index (χ4v) is 1.35. The van der Waals surface area contributed by atoms with Crippen molar-refractivity contribution in [1.82, 2.24) is 9.97 Å². The van der Waals surface area contributed by atoms with Crippen molar-refractivity contribution < 1.29 is 4.74 Å². The summed E-state index contributed by atoms with van der Waals surface area (Å²) in [4.78, 5) is 7.72. The molecule has 0 unspecified atom stereocenters. The van der Waals surface area contributed by atoms with Gasteiger partial charge in [0, 0.05) is 11.8 Å². The molecule has 5 heteroatoms. The first-order chi connectivity index (χ1) is 7.66. The van der Waals surface area contributed by atoms with Crippen LogP contribution in [0, 0.1) is 6.92 Å². The number of ether oxygens (including phenoxy) is 1. The largest absolute Gasteiger partial charge is 0.437 e. The number of hydrogen-bond acceptors (Lipinski definition) is 4. The molecule has 0 spiro atoms. The number of benzene rings is 1. The lowest BCUT2D eigenvalue weighted by molar-refractivity contribution is 0.458. The maximum absolute atomic E-state index is 5.89. The highest BCUT2D eigenvalue weighted by Crippen LogP contribution is 2.29. The number of nitrogen functional groups attached to an aromatic ring is 1. The summed E-state index contributed by atoms with van der Waals surface area (Å²) in [6.45, 7) is 1.92. The Bertz CT molecular complexity index is 516. The van der Waals surface area contributed by atoms with Gasteiger partial charge < -0.3 is 10.5 Å². The molecule has 0 saturated carbocycles. The van der Waals surface area contributed by atoms with Crippen LogP contribution in [0.3, 0.4) is 0 Å². The molecule has 0 aliphatic rings. The van der Waals surface area contributed by atoms with Crippen molar-refractivity contribution in [2.45, 2.75) is 6.92 Å². The topological polar surface area (TPSA) is 61.0 Å². The Morgan fingerprint density at radius 3 is 2.94 bits per heavy atom. The fraction of sp³-hybridized carbons (Fsp3) is 0.0909. The van der Waals surface area contributed by atoms with Gasteiger partial charge in [-0.2, -0.15) is 0 Å². The van der Waals surface area contributed by atoms with Gasteiger partial charge in [0.05, 0.1) is 6.20 Å². The third-order valence-corrected chi connectivity index (χ3v) is 2.31. The van der Waals surface area contributed by atoms with E-state index in [4.69, 9.17) is 22.1 Å². The molecule has 0 amide bonds. The minimum absolute atomic E-state index is 0.324. The van der Waals surface area contributed by atoms with E-state index >= 15 is 0 Å². The van der Waals surface area contributed by atoms with Gasteiger partial charge in [-0.05, 0) is 18.6 Å². The van der Waals surface area contributed by atoms with Crippen molar-refractivity contribution in [2.24, 2.45) is 0 Å². The zero-order valence-electron chi connectivity index (χ0n) is 8.64. The van der Waals surface area contributed by atoms with E-state index in [-0.39, 0.29) is 0 Å². The SMILES string of the molecule is Cc1ccc(N)cc1Oc1ncncc1Cl. The van der Waals surface area contributed by atoms with Crippen LogP contribution in [0.1, 0.15) is 5.56 Å². The molecular weight excluding hydrogens is 226 g/mol. The zero-order chi connectivity index (χ0) is 11.5. The maximum atomic E-state index is 5.89. The molecule has 0 fully saturated rings. The van der Waals surface area contributed by atoms with Gasteiger partial charge in [-0.1, -0.05) is 17.7 Å². The molecule has 2 aromatic rings. The smallest absolute Gasteiger partial charge is 0.241 e. The van der Waals surface area contributed by atoms with Crippen molar-refractivity contribution in [3.63, 3.8) is 0 Å². The van der Waals surface area contributed by atoms with Gasteiger partial charge in [0.2, 0.25) is 5.88 Å². The van der Waals surface area contributed by atoms with Crippen LogP contribution in [0.4, 0.5) is 5.69 Å². The predicted molar refractivity (Wildman–Crippen MR) is 62.7 cm³/mol. The lowest BCUT2D eigenvalue weighted by Crippen LogP contribution is -1.93. The predicted octanol–water partition coefficient (Wildman–Crippen LogP) is 2.81. The highest BCUT2D eigenvalue weighted by molar-refractivity contribution is 6.31. The second-order valence-corrected chi connectivity index (χ2v) is 3.71. The number of anilines is 1. The van der Waals surface area contributed by atoms with E-state index in [2.05, 4.69) is 9.97 Å². The first-order valence-corrected chi connectivity index (χ1v) is 5.04. The number of halogens is 1. The van der Waals surface area contributed by atoms with E-state index in [1.165, 1.54) is 12.5 Å². The molecule has 2 N–H and O–H groups in total. The van der Waals surface area contributed by atoms with E-state index in [0.717, 1.165) is 5.56 Å². The van der Waals surface area contributed by atoms with Gasteiger partial charge in [-0.15, -0.1) is 0 Å². The molecule has 1 heterocycles. The van der Waals surface area contributed by atoms with Crippen LogP contribution in [0.2, 0.25) is 5.02 Å². The number of aromatic nitrogens is 2. The van der Waals surface area contributed by atoms with E-state index in [1.54, 1.807) is 6.07 Å². The summed E-state index contributed by atoms with van der Waals surface area (Å²) in [5.74, 6) is 0.964. The second-order valence-electron chi connectivity index (χ2n) is 3.30. The van der Waals surface area contributed by atoms with Gasteiger partial charge in [-0.3, -0.25) is 0 Å². The summed E-state index contributed by atoms with van der Waals surface area (Å²) < 4.78 is 5.56. The molecule has 16 heavy (non-hydrogen) atoms. The summed E-state index contributed by atoms with van der Waals surface area (Å²) in [6.07, 6.45) is 2.86. The quantitative estimate of drug-likeness (QED) is 0.813. The highest BCUT2D eigenvalue weighted by Gasteiger charge is 2.06. The lowest BCUT2D eigenvalue weighted by Gasteiger charge is -2.08. The third kappa shape index (κ3) is 2.23. The Labute approximate surface area is 98.0 Å².